The summed E-state index contributed by atoms with van der Waals surface area (Å²) in [7, 11) is 0. The molecule has 0 aromatic heterocycles. The fourth-order valence-electron chi connectivity index (χ4n) is 6.73. The predicted molar refractivity (Wildman–Crippen MR) is 273 cm³/mol. The maximum Gasteiger partial charge on any atom is 0.305 e. The highest BCUT2D eigenvalue weighted by molar-refractivity contribution is 5.72. The summed E-state index contributed by atoms with van der Waals surface area (Å²) in [5, 5.41) is 0. The Morgan fingerprint density at radius 3 is 0.466 bits per heavy atom. The molecule has 0 saturated heterocycles. The van der Waals surface area contributed by atoms with Gasteiger partial charge in [-0.1, -0.05) is 107 Å². The van der Waals surface area contributed by atoms with Crippen LogP contribution in [-0.2, 0) is 85.7 Å². The Hall–Kier alpha value is -4.32. The summed E-state index contributed by atoms with van der Waals surface area (Å²) in [6.07, 6.45) is 11.4. The van der Waals surface area contributed by atoms with Gasteiger partial charge in [-0.25, -0.2) is 0 Å². The van der Waals surface area contributed by atoms with E-state index in [0.29, 0.717) is 51.4 Å². The Morgan fingerprint density at radius 2 is 0.342 bits per heavy atom. The SMILES string of the molecule is CCCCC(=O)OCC(COCC(COC(=O)CCCC)(COC(=O)CCCC)COC(=O)CCCC)(COCC(COC(=O)CCCC)(COC(=O)CCCC)COC(=O)CCCC)COC(=O)CCCC. The van der Waals surface area contributed by atoms with Crippen molar-refractivity contribution in [3.8, 4) is 0 Å². The number of unbranched alkanes of at least 4 members (excludes halogenated alkanes) is 8. The smallest absolute Gasteiger partial charge is 0.305 e. The van der Waals surface area contributed by atoms with Gasteiger partial charge in [-0.3, -0.25) is 38.4 Å². The van der Waals surface area contributed by atoms with Crippen molar-refractivity contribution < 1.29 is 85.7 Å². The summed E-state index contributed by atoms with van der Waals surface area (Å²) >= 11 is 0. The minimum atomic E-state index is -1.47. The van der Waals surface area contributed by atoms with Gasteiger partial charge in [0, 0.05) is 51.4 Å². The molecule has 0 aliphatic heterocycles. The number of hydrogen-bond donors (Lipinski definition) is 0. The van der Waals surface area contributed by atoms with E-state index in [-0.39, 0.29) is 131 Å². The number of ether oxygens (including phenoxy) is 10. The van der Waals surface area contributed by atoms with Crippen molar-refractivity contribution in [2.24, 2.45) is 16.2 Å². The van der Waals surface area contributed by atoms with E-state index in [1.165, 1.54) is 0 Å². The molecule has 18 heteroatoms. The van der Waals surface area contributed by atoms with Gasteiger partial charge in [0.1, 0.15) is 52.9 Å². The molecular formula is C55H96O18. The molecular weight excluding hydrogens is 949 g/mol. The summed E-state index contributed by atoms with van der Waals surface area (Å²) in [4.78, 5) is 104. The monoisotopic (exact) mass is 1040 g/mol. The Labute approximate surface area is 437 Å². The van der Waals surface area contributed by atoms with Crippen molar-refractivity contribution in [1.82, 2.24) is 0 Å². The topological polar surface area (TPSA) is 229 Å². The van der Waals surface area contributed by atoms with Crippen LogP contribution >= 0.6 is 0 Å². The second kappa shape index (κ2) is 43.0. The van der Waals surface area contributed by atoms with Crippen LogP contribution in [0.3, 0.4) is 0 Å². The molecule has 0 bridgehead atoms. The molecule has 0 N–H and O–H groups in total. The molecule has 18 nitrogen and oxygen atoms in total. The fraction of sp³-hybridized carbons (Fsp3) is 0.855. The highest BCUT2D eigenvalue weighted by Crippen LogP contribution is 2.29. The average molecular weight is 1050 g/mol. The van der Waals surface area contributed by atoms with E-state index in [1.807, 2.05) is 55.4 Å². The van der Waals surface area contributed by atoms with Crippen molar-refractivity contribution in [2.75, 3.05) is 79.3 Å². The summed E-state index contributed by atoms with van der Waals surface area (Å²) in [5.41, 5.74) is -4.32. The lowest BCUT2D eigenvalue weighted by atomic mass is 9.89. The molecule has 0 aliphatic carbocycles. The van der Waals surface area contributed by atoms with E-state index < -0.39 is 64.0 Å². The highest BCUT2D eigenvalue weighted by atomic mass is 16.6. The van der Waals surface area contributed by atoms with Crippen LogP contribution < -0.4 is 0 Å². The predicted octanol–water partition coefficient (Wildman–Crippen LogP) is 9.85. The van der Waals surface area contributed by atoms with Gasteiger partial charge in [0.15, 0.2) is 0 Å². The lowest BCUT2D eigenvalue weighted by Crippen LogP contribution is -2.48. The molecule has 0 spiro atoms. The van der Waals surface area contributed by atoms with Crippen molar-refractivity contribution in [1.29, 1.82) is 0 Å². The van der Waals surface area contributed by atoms with Gasteiger partial charge < -0.3 is 47.4 Å². The number of carbonyl (C=O) groups is 8. The number of carbonyl (C=O) groups excluding carboxylic acids is 8. The van der Waals surface area contributed by atoms with E-state index in [9.17, 15) is 38.4 Å². The number of hydrogen-bond acceptors (Lipinski definition) is 18. The zero-order valence-corrected chi connectivity index (χ0v) is 46.3. The van der Waals surface area contributed by atoms with Crippen molar-refractivity contribution in [3.63, 3.8) is 0 Å². The lowest BCUT2D eigenvalue weighted by molar-refractivity contribution is -0.178. The molecule has 0 aliphatic rings. The highest BCUT2D eigenvalue weighted by Gasteiger charge is 2.42. The second-order valence-corrected chi connectivity index (χ2v) is 19.6. The number of rotatable bonds is 48. The third-order valence-corrected chi connectivity index (χ3v) is 11.8. The molecule has 0 saturated carbocycles. The van der Waals surface area contributed by atoms with Crippen LogP contribution in [0, 0.1) is 16.2 Å². The minimum absolute atomic E-state index is 0.100. The maximum atomic E-state index is 13.2. The summed E-state index contributed by atoms with van der Waals surface area (Å²) < 4.78 is 59.4. The third kappa shape index (κ3) is 34.7. The molecule has 0 amide bonds. The van der Waals surface area contributed by atoms with E-state index in [1.54, 1.807) is 0 Å². The molecule has 0 unspecified atom stereocenters. The van der Waals surface area contributed by atoms with Crippen LogP contribution in [-0.4, -0.2) is 127 Å². The molecule has 0 aromatic rings. The van der Waals surface area contributed by atoms with Crippen LogP contribution in [0.1, 0.15) is 209 Å². The van der Waals surface area contributed by atoms with Crippen molar-refractivity contribution in [3.05, 3.63) is 0 Å². The largest absolute Gasteiger partial charge is 0.465 e. The molecule has 0 fully saturated rings. The Bertz CT molecular complexity index is 1310. The summed E-state index contributed by atoms with van der Waals surface area (Å²) in [5.74, 6) is -4.09. The zero-order chi connectivity index (χ0) is 54.6. The molecule has 0 heterocycles. The standard InChI is InChI=1S/C55H96O18/c1-9-17-25-45(56)66-37-53(38-67-46(57)26-18-10-2,33-64-35-54(39-68-47(58)27-19-11-3,40-69-48(59)28-20-12-4)41-70-49(60)29-21-13-5)34-65-36-55(42-71-50(61)30-22-14-6,43-72-51(62)31-23-15-7)44-73-52(63)32-24-16-8/h9-44H2,1-8H3. The van der Waals surface area contributed by atoms with Crippen LogP contribution in [0.25, 0.3) is 0 Å². The number of esters is 8. The lowest BCUT2D eigenvalue weighted by Gasteiger charge is -2.37. The first kappa shape index (κ1) is 68.7. The molecule has 73 heavy (non-hydrogen) atoms. The summed E-state index contributed by atoms with van der Waals surface area (Å²) in [6.45, 7) is 11.2. The third-order valence-electron chi connectivity index (χ3n) is 11.8. The first-order chi connectivity index (χ1) is 35.1. The Morgan fingerprint density at radius 1 is 0.219 bits per heavy atom. The minimum Gasteiger partial charge on any atom is -0.465 e. The van der Waals surface area contributed by atoms with Gasteiger partial charge in [0.2, 0.25) is 0 Å². The van der Waals surface area contributed by atoms with E-state index in [0.717, 1.165) is 51.4 Å². The molecule has 0 atom stereocenters. The van der Waals surface area contributed by atoms with Gasteiger partial charge in [-0.05, 0) is 51.4 Å². The molecule has 0 radical (unpaired) electrons. The van der Waals surface area contributed by atoms with Crippen LogP contribution in [0.15, 0.2) is 0 Å². The Kier molecular flexibility index (Phi) is 40.4. The zero-order valence-electron chi connectivity index (χ0n) is 46.3. The van der Waals surface area contributed by atoms with Gasteiger partial charge >= 0.3 is 47.8 Å². The van der Waals surface area contributed by atoms with Crippen molar-refractivity contribution in [2.45, 2.75) is 209 Å². The van der Waals surface area contributed by atoms with Gasteiger partial charge in [0.25, 0.3) is 0 Å². The van der Waals surface area contributed by atoms with Crippen LogP contribution in [0.2, 0.25) is 0 Å². The van der Waals surface area contributed by atoms with Crippen LogP contribution in [0.4, 0.5) is 0 Å². The molecule has 0 aromatic carbocycles. The van der Waals surface area contributed by atoms with Gasteiger partial charge in [-0.2, -0.15) is 0 Å². The Balaban J connectivity index is 7.61. The fourth-order valence-corrected chi connectivity index (χ4v) is 6.73. The summed E-state index contributed by atoms with van der Waals surface area (Å²) in [6, 6.07) is 0. The van der Waals surface area contributed by atoms with Crippen molar-refractivity contribution >= 4 is 47.8 Å². The second-order valence-electron chi connectivity index (χ2n) is 19.6. The first-order valence-electron chi connectivity index (χ1n) is 27.5. The first-order valence-corrected chi connectivity index (χ1v) is 27.5. The average Bonchev–Trinajstić information content (AvgIpc) is 3.39. The molecule has 424 valence electrons. The van der Waals surface area contributed by atoms with E-state index in [4.69, 9.17) is 47.4 Å². The van der Waals surface area contributed by atoms with Crippen LogP contribution in [0.5, 0.6) is 0 Å². The van der Waals surface area contributed by atoms with E-state index in [2.05, 4.69) is 0 Å². The molecule has 0 rings (SSSR count). The van der Waals surface area contributed by atoms with Gasteiger partial charge in [0.05, 0.1) is 42.7 Å². The van der Waals surface area contributed by atoms with Gasteiger partial charge in [-0.15, -0.1) is 0 Å². The van der Waals surface area contributed by atoms with E-state index >= 15 is 0 Å². The normalized spacial score (nSPS) is 11.6. The quantitative estimate of drug-likeness (QED) is 0.0408. The maximum absolute atomic E-state index is 13.2.